The summed E-state index contributed by atoms with van der Waals surface area (Å²) >= 11 is 0. The Bertz CT molecular complexity index is 899. The third-order valence-electron chi connectivity index (χ3n) is 5.45. The van der Waals surface area contributed by atoms with E-state index in [0.717, 1.165) is 23.0 Å². The molecule has 0 spiro atoms. The molecule has 1 aromatic carbocycles. The third kappa shape index (κ3) is 3.79. The highest BCUT2D eigenvalue weighted by atomic mass is 16.3. The minimum Gasteiger partial charge on any atom is -0.494 e. The normalized spacial score (nSPS) is 23.4. The molecule has 2 aromatic rings. The molecule has 1 saturated carbocycles. The second kappa shape index (κ2) is 7.72. The Morgan fingerprint density at radius 3 is 2.69 bits per heavy atom. The van der Waals surface area contributed by atoms with Crippen LogP contribution in [-0.4, -0.2) is 26.9 Å². The Hall–Kier alpha value is -2.63. The number of H-pyrrole nitrogens is 1. The van der Waals surface area contributed by atoms with Crippen LogP contribution >= 0.6 is 0 Å². The maximum Gasteiger partial charge on any atom is 0.331 e. The summed E-state index contributed by atoms with van der Waals surface area (Å²) in [5.74, 6) is 0.670. The maximum atomic E-state index is 12.2. The molecule has 2 N–H and O–H groups in total. The fraction of sp³-hybridized carbons (Fsp3) is 0.450. The van der Waals surface area contributed by atoms with Gasteiger partial charge in [-0.1, -0.05) is 57.0 Å². The number of benzene rings is 1. The zero-order chi connectivity index (χ0) is 18.7. The van der Waals surface area contributed by atoms with Gasteiger partial charge in [0, 0.05) is 6.21 Å². The number of aromatic nitrogens is 2. The van der Waals surface area contributed by atoms with E-state index in [9.17, 15) is 14.7 Å². The van der Waals surface area contributed by atoms with E-state index in [0.29, 0.717) is 11.8 Å². The van der Waals surface area contributed by atoms with Crippen LogP contribution < -0.4 is 11.2 Å². The van der Waals surface area contributed by atoms with E-state index in [1.807, 2.05) is 30.3 Å². The highest BCUT2D eigenvalue weighted by Gasteiger charge is 2.26. The highest BCUT2D eigenvalue weighted by molar-refractivity contribution is 5.82. The van der Waals surface area contributed by atoms with E-state index in [-0.39, 0.29) is 24.0 Å². The van der Waals surface area contributed by atoms with E-state index in [1.54, 1.807) is 0 Å². The average molecular weight is 355 g/mol. The summed E-state index contributed by atoms with van der Waals surface area (Å²) in [4.78, 5) is 31.1. The van der Waals surface area contributed by atoms with E-state index < -0.39 is 11.2 Å². The fourth-order valence-corrected chi connectivity index (χ4v) is 3.54. The standard InChI is InChI=1S/C20H25N3O3/c1-13-7-6-10-17(14(13)2)21-11-16-18(24)22-20(26)23(19(16)25)12-15-8-4-3-5-9-15/h3-5,8-9,11,13-14,17,25H,6-7,10,12H2,1-2H3,(H,22,24,26)/t13-,14+,17-/m1/s1. The summed E-state index contributed by atoms with van der Waals surface area (Å²) in [5, 5.41) is 10.5. The van der Waals surface area contributed by atoms with Crippen molar-refractivity contribution in [1.82, 2.24) is 9.55 Å². The number of nitrogens with zero attached hydrogens (tertiary/aromatic N) is 2. The lowest BCUT2D eigenvalue weighted by Crippen LogP contribution is -2.33. The minimum absolute atomic E-state index is 0.0333. The lowest BCUT2D eigenvalue weighted by atomic mass is 9.78. The van der Waals surface area contributed by atoms with Gasteiger partial charge >= 0.3 is 5.69 Å². The van der Waals surface area contributed by atoms with E-state index in [2.05, 4.69) is 23.8 Å². The molecule has 1 aromatic heterocycles. The highest BCUT2D eigenvalue weighted by Crippen LogP contribution is 2.31. The molecule has 3 rings (SSSR count). The summed E-state index contributed by atoms with van der Waals surface area (Å²) < 4.78 is 1.16. The first-order chi connectivity index (χ1) is 12.5. The molecule has 0 bridgehead atoms. The number of aromatic hydroxyl groups is 1. The van der Waals surface area contributed by atoms with Gasteiger partial charge in [0.15, 0.2) is 0 Å². The lowest BCUT2D eigenvalue weighted by molar-refractivity contribution is 0.242. The molecule has 1 aliphatic rings. The van der Waals surface area contributed by atoms with Gasteiger partial charge in [-0.25, -0.2) is 4.79 Å². The number of aromatic amines is 1. The van der Waals surface area contributed by atoms with Crippen molar-refractivity contribution >= 4 is 6.21 Å². The Labute approximate surface area is 152 Å². The quantitative estimate of drug-likeness (QED) is 0.826. The first-order valence-electron chi connectivity index (χ1n) is 9.10. The summed E-state index contributed by atoms with van der Waals surface area (Å²) in [6.07, 6.45) is 4.71. The second-order valence-corrected chi connectivity index (χ2v) is 7.18. The lowest BCUT2D eigenvalue weighted by Gasteiger charge is -2.31. The molecule has 6 heteroatoms. The molecule has 138 valence electrons. The van der Waals surface area contributed by atoms with Gasteiger partial charge in [-0.15, -0.1) is 0 Å². The van der Waals surface area contributed by atoms with Crippen molar-refractivity contribution in [2.75, 3.05) is 0 Å². The molecule has 6 nitrogen and oxygen atoms in total. The topological polar surface area (TPSA) is 87.4 Å². The van der Waals surface area contributed by atoms with Crippen molar-refractivity contribution in [3.63, 3.8) is 0 Å². The van der Waals surface area contributed by atoms with Gasteiger partial charge in [-0.2, -0.15) is 0 Å². The van der Waals surface area contributed by atoms with E-state index >= 15 is 0 Å². The Balaban J connectivity index is 1.92. The van der Waals surface area contributed by atoms with Gasteiger partial charge in [0.1, 0.15) is 5.56 Å². The first kappa shape index (κ1) is 18.2. The molecule has 0 amide bonds. The van der Waals surface area contributed by atoms with Gasteiger partial charge in [0.05, 0.1) is 12.6 Å². The van der Waals surface area contributed by atoms with Crippen LogP contribution in [-0.2, 0) is 6.54 Å². The number of rotatable bonds is 4. The van der Waals surface area contributed by atoms with Crippen molar-refractivity contribution in [3.05, 3.63) is 62.3 Å². The summed E-state index contributed by atoms with van der Waals surface area (Å²) in [5.41, 5.74) is -0.356. The van der Waals surface area contributed by atoms with Crippen LogP contribution in [0.15, 0.2) is 44.9 Å². The summed E-state index contributed by atoms with van der Waals surface area (Å²) in [6.45, 7) is 4.57. The predicted octanol–water partition coefficient (Wildman–Crippen LogP) is 2.53. The largest absolute Gasteiger partial charge is 0.494 e. The molecular weight excluding hydrogens is 330 g/mol. The number of nitrogens with one attached hydrogen (secondary N) is 1. The number of aliphatic imine (C=N–C) groups is 1. The van der Waals surface area contributed by atoms with Crippen molar-refractivity contribution in [1.29, 1.82) is 0 Å². The Morgan fingerprint density at radius 2 is 1.96 bits per heavy atom. The maximum absolute atomic E-state index is 12.2. The molecule has 1 heterocycles. The molecule has 1 aliphatic carbocycles. The van der Waals surface area contributed by atoms with E-state index in [4.69, 9.17) is 0 Å². The number of hydrogen-bond acceptors (Lipinski definition) is 4. The molecule has 0 saturated heterocycles. The van der Waals surface area contributed by atoms with Gasteiger partial charge in [0.25, 0.3) is 5.56 Å². The zero-order valence-corrected chi connectivity index (χ0v) is 15.2. The Kier molecular flexibility index (Phi) is 5.40. The average Bonchev–Trinajstić information content (AvgIpc) is 2.62. The fourth-order valence-electron chi connectivity index (χ4n) is 3.54. The van der Waals surface area contributed by atoms with Gasteiger partial charge in [-0.3, -0.25) is 19.3 Å². The number of hydrogen-bond donors (Lipinski definition) is 2. The molecule has 3 atom stereocenters. The predicted molar refractivity (Wildman–Crippen MR) is 102 cm³/mol. The van der Waals surface area contributed by atoms with Crippen molar-refractivity contribution < 1.29 is 5.11 Å². The molecule has 0 unspecified atom stereocenters. The third-order valence-corrected chi connectivity index (χ3v) is 5.45. The van der Waals surface area contributed by atoms with Crippen LogP contribution in [0, 0.1) is 11.8 Å². The molecule has 0 aliphatic heterocycles. The second-order valence-electron chi connectivity index (χ2n) is 7.18. The molecule has 26 heavy (non-hydrogen) atoms. The van der Waals surface area contributed by atoms with Gasteiger partial charge in [-0.05, 0) is 23.8 Å². The molecule has 1 fully saturated rings. The summed E-state index contributed by atoms with van der Waals surface area (Å²) in [7, 11) is 0. The molecular formula is C20H25N3O3. The summed E-state index contributed by atoms with van der Waals surface area (Å²) in [6, 6.07) is 9.44. The monoisotopic (exact) mass is 355 g/mol. The van der Waals surface area contributed by atoms with Crippen molar-refractivity contribution in [2.45, 2.75) is 45.7 Å². The van der Waals surface area contributed by atoms with Crippen molar-refractivity contribution in [3.8, 4) is 5.88 Å². The Morgan fingerprint density at radius 1 is 1.23 bits per heavy atom. The van der Waals surface area contributed by atoms with Crippen LogP contribution in [0.3, 0.4) is 0 Å². The van der Waals surface area contributed by atoms with Crippen LogP contribution in [0.4, 0.5) is 0 Å². The van der Waals surface area contributed by atoms with Crippen LogP contribution in [0.2, 0.25) is 0 Å². The minimum atomic E-state index is -0.631. The first-order valence-corrected chi connectivity index (χ1v) is 9.10. The molecule has 0 radical (unpaired) electrons. The van der Waals surface area contributed by atoms with Gasteiger partial charge < -0.3 is 5.11 Å². The smallest absolute Gasteiger partial charge is 0.331 e. The SMILES string of the molecule is C[C@H]1[C@H](C)CCC[C@H]1N=Cc1c(O)n(Cc2ccccc2)c(=O)[nH]c1=O. The van der Waals surface area contributed by atoms with Crippen LogP contribution in [0.5, 0.6) is 5.88 Å². The van der Waals surface area contributed by atoms with E-state index in [1.165, 1.54) is 12.6 Å². The van der Waals surface area contributed by atoms with Gasteiger partial charge in [0.2, 0.25) is 5.88 Å². The van der Waals surface area contributed by atoms with Crippen molar-refractivity contribution in [2.24, 2.45) is 16.8 Å². The zero-order valence-electron chi connectivity index (χ0n) is 15.2. The van der Waals surface area contributed by atoms with Crippen LogP contribution in [0.1, 0.15) is 44.2 Å². The van der Waals surface area contributed by atoms with Crippen LogP contribution in [0.25, 0.3) is 0 Å².